The van der Waals surface area contributed by atoms with E-state index in [4.69, 9.17) is 4.74 Å². The summed E-state index contributed by atoms with van der Waals surface area (Å²) in [4.78, 5) is 3.61. The summed E-state index contributed by atoms with van der Waals surface area (Å²) in [6.07, 6.45) is 0.190. The van der Waals surface area contributed by atoms with Gasteiger partial charge in [-0.15, -0.1) is 9.24 Å². The van der Waals surface area contributed by atoms with Crippen molar-refractivity contribution in [3.8, 4) is 0 Å². The Bertz CT molecular complexity index is 682. The average Bonchev–Trinajstić information content (AvgIpc) is 2.66. The Balaban J connectivity index is 3.38. The molecule has 0 radical (unpaired) electrons. The Hall–Kier alpha value is -1.36. The van der Waals surface area contributed by atoms with Crippen molar-refractivity contribution in [1.82, 2.24) is 10.6 Å². The zero-order valence-corrected chi connectivity index (χ0v) is 18.8. The van der Waals surface area contributed by atoms with E-state index < -0.39 is 17.9 Å². The van der Waals surface area contributed by atoms with Crippen molar-refractivity contribution in [3.05, 3.63) is 35.9 Å². The summed E-state index contributed by atoms with van der Waals surface area (Å²) in [5.41, 5.74) is 1.65. The van der Waals surface area contributed by atoms with E-state index in [2.05, 4.69) is 51.4 Å². The monoisotopic (exact) mass is 413 g/mol. The SMILES string of the molecule is C=C(NC(=NC)C(F)F)c1cc(P)cc(C(CCNC)(OC)C(C)CCC)c1. The van der Waals surface area contributed by atoms with E-state index in [1.165, 1.54) is 7.05 Å². The maximum atomic E-state index is 13.0. The van der Waals surface area contributed by atoms with Crippen molar-refractivity contribution >= 4 is 26.1 Å². The second kappa shape index (κ2) is 11.6. The van der Waals surface area contributed by atoms with Gasteiger partial charge in [-0.3, -0.25) is 4.99 Å². The smallest absolute Gasteiger partial charge is 0.295 e. The number of aliphatic imine (C=N–C) groups is 1. The number of methoxy groups -OCH3 is 1. The lowest BCUT2D eigenvalue weighted by Crippen LogP contribution is -2.39. The van der Waals surface area contributed by atoms with Crippen molar-refractivity contribution < 1.29 is 13.5 Å². The number of nitrogens with zero attached hydrogens (tertiary/aromatic N) is 1. The van der Waals surface area contributed by atoms with Gasteiger partial charge < -0.3 is 15.4 Å². The summed E-state index contributed by atoms with van der Waals surface area (Å²) in [5, 5.41) is 6.80. The topological polar surface area (TPSA) is 45.7 Å². The number of nitrogens with one attached hydrogen (secondary N) is 2. The van der Waals surface area contributed by atoms with Gasteiger partial charge in [0.1, 0.15) is 0 Å². The first-order chi connectivity index (χ1) is 13.2. The number of hydrogen-bond acceptors (Lipinski definition) is 3. The van der Waals surface area contributed by atoms with E-state index >= 15 is 0 Å². The molecule has 1 aromatic carbocycles. The summed E-state index contributed by atoms with van der Waals surface area (Å²) in [6, 6.07) is 5.95. The molecule has 2 N–H and O–H groups in total. The lowest BCUT2D eigenvalue weighted by atomic mass is 9.76. The van der Waals surface area contributed by atoms with Crippen molar-refractivity contribution in [2.45, 2.75) is 45.1 Å². The highest BCUT2D eigenvalue weighted by Gasteiger charge is 2.37. The molecule has 0 aromatic heterocycles. The summed E-state index contributed by atoms with van der Waals surface area (Å²) in [5.74, 6) is -0.112. The summed E-state index contributed by atoms with van der Waals surface area (Å²) >= 11 is 0. The molecular weight excluding hydrogens is 379 g/mol. The van der Waals surface area contributed by atoms with Crippen LogP contribution in [0, 0.1) is 5.92 Å². The average molecular weight is 413 g/mol. The highest BCUT2D eigenvalue weighted by atomic mass is 31.0. The molecule has 3 unspecified atom stereocenters. The zero-order valence-electron chi connectivity index (χ0n) is 17.6. The summed E-state index contributed by atoms with van der Waals surface area (Å²) < 4.78 is 32.2. The van der Waals surface area contributed by atoms with E-state index in [0.717, 1.165) is 42.2 Å². The first-order valence-electron chi connectivity index (χ1n) is 9.57. The van der Waals surface area contributed by atoms with Crippen molar-refractivity contribution in [2.24, 2.45) is 10.9 Å². The fraction of sp³-hybridized carbons (Fsp3) is 0.571. The molecule has 0 aliphatic heterocycles. The van der Waals surface area contributed by atoms with Crippen molar-refractivity contribution in [3.63, 3.8) is 0 Å². The van der Waals surface area contributed by atoms with Crippen molar-refractivity contribution in [2.75, 3.05) is 27.7 Å². The van der Waals surface area contributed by atoms with E-state index in [9.17, 15) is 8.78 Å². The van der Waals surface area contributed by atoms with Gasteiger partial charge in [0.25, 0.3) is 6.43 Å². The lowest BCUT2D eigenvalue weighted by molar-refractivity contribution is -0.0678. The third kappa shape index (κ3) is 6.07. The predicted octanol–water partition coefficient (Wildman–Crippen LogP) is 3.93. The molecule has 0 spiro atoms. The molecule has 3 atom stereocenters. The maximum absolute atomic E-state index is 13.0. The molecule has 0 bridgehead atoms. The molecule has 158 valence electrons. The van der Waals surface area contributed by atoms with E-state index in [0.29, 0.717) is 5.70 Å². The van der Waals surface area contributed by atoms with Gasteiger partial charge in [-0.25, -0.2) is 8.78 Å². The van der Waals surface area contributed by atoms with E-state index in [1.54, 1.807) is 7.11 Å². The Morgan fingerprint density at radius 2 is 2.04 bits per heavy atom. The third-order valence-electron chi connectivity index (χ3n) is 5.15. The highest BCUT2D eigenvalue weighted by Crippen LogP contribution is 2.39. The number of halogens is 2. The number of rotatable bonds is 11. The van der Waals surface area contributed by atoms with Crippen LogP contribution in [0.4, 0.5) is 8.78 Å². The molecule has 0 amide bonds. The molecule has 0 saturated heterocycles. The van der Waals surface area contributed by atoms with Crippen LogP contribution >= 0.6 is 9.24 Å². The van der Waals surface area contributed by atoms with Gasteiger partial charge in [-0.05, 0) is 67.0 Å². The Morgan fingerprint density at radius 3 is 2.54 bits per heavy atom. The van der Waals surface area contributed by atoms with Crippen LogP contribution in [-0.4, -0.2) is 40.0 Å². The molecule has 7 heteroatoms. The quantitative estimate of drug-likeness (QED) is 0.328. The first-order valence-corrected chi connectivity index (χ1v) is 10.1. The number of amidine groups is 1. The minimum absolute atomic E-state index is 0.283. The van der Waals surface area contributed by atoms with Crippen LogP contribution in [0.3, 0.4) is 0 Å². The van der Waals surface area contributed by atoms with Gasteiger partial charge in [0, 0.05) is 19.9 Å². The van der Waals surface area contributed by atoms with Gasteiger partial charge in [0.05, 0.1) is 5.60 Å². The molecule has 0 fully saturated rings. The number of alkyl halides is 2. The van der Waals surface area contributed by atoms with Crippen LogP contribution in [0.2, 0.25) is 0 Å². The van der Waals surface area contributed by atoms with Crippen LogP contribution in [0.15, 0.2) is 29.8 Å². The van der Waals surface area contributed by atoms with Crippen LogP contribution in [0.1, 0.15) is 44.2 Å². The maximum Gasteiger partial charge on any atom is 0.295 e. The number of benzene rings is 1. The molecule has 0 aliphatic carbocycles. The molecule has 0 saturated carbocycles. The van der Waals surface area contributed by atoms with Crippen LogP contribution in [0.25, 0.3) is 5.70 Å². The second-order valence-corrected chi connectivity index (χ2v) is 7.66. The zero-order chi connectivity index (χ0) is 21.3. The fourth-order valence-electron chi connectivity index (χ4n) is 3.58. The molecule has 0 aliphatic rings. The molecule has 1 aromatic rings. The lowest BCUT2D eigenvalue weighted by Gasteiger charge is -2.39. The largest absolute Gasteiger partial charge is 0.373 e. The second-order valence-electron chi connectivity index (χ2n) is 6.99. The fourth-order valence-corrected chi connectivity index (χ4v) is 3.94. The Labute approximate surface area is 170 Å². The molecule has 0 heterocycles. The minimum atomic E-state index is -2.68. The van der Waals surface area contributed by atoms with Gasteiger partial charge in [0.2, 0.25) is 0 Å². The predicted molar refractivity (Wildman–Crippen MR) is 119 cm³/mol. The van der Waals surface area contributed by atoms with Gasteiger partial charge >= 0.3 is 0 Å². The van der Waals surface area contributed by atoms with E-state index in [-0.39, 0.29) is 5.92 Å². The number of ether oxygens (including phenoxy) is 1. The van der Waals surface area contributed by atoms with Crippen LogP contribution in [0.5, 0.6) is 0 Å². The molecular formula is C21H34F2N3OP. The standard InChI is InChI=1S/C21H34F2N3OP/c1-7-8-14(2)21(27-6,9-10-24-4)17-11-16(12-18(28)13-17)15(3)26-20(25-5)19(22)23/h11-14,19,24H,3,7-10,28H2,1-2,4-6H3,(H,25,26). The molecule has 4 nitrogen and oxygen atoms in total. The van der Waals surface area contributed by atoms with Crippen LogP contribution < -0.4 is 15.9 Å². The van der Waals surface area contributed by atoms with Gasteiger partial charge in [-0.2, -0.15) is 0 Å². The number of hydrogen-bond donors (Lipinski definition) is 2. The Morgan fingerprint density at radius 1 is 1.36 bits per heavy atom. The van der Waals surface area contributed by atoms with Crippen LogP contribution in [-0.2, 0) is 10.3 Å². The summed E-state index contributed by atoms with van der Waals surface area (Å²) in [6.45, 7) is 9.10. The normalized spacial score (nSPS) is 15.4. The van der Waals surface area contributed by atoms with E-state index in [1.807, 2.05) is 19.2 Å². The third-order valence-corrected chi connectivity index (χ3v) is 5.48. The highest BCUT2D eigenvalue weighted by molar-refractivity contribution is 7.27. The Kier molecular flexibility index (Phi) is 10.2. The van der Waals surface area contributed by atoms with Crippen molar-refractivity contribution in [1.29, 1.82) is 0 Å². The molecule has 1 rings (SSSR count). The minimum Gasteiger partial charge on any atom is -0.373 e. The molecule has 28 heavy (non-hydrogen) atoms. The van der Waals surface area contributed by atoms with Gasteiger partial charge in [-0.1, -0.05) is 26.8 Å². The first kappa shape index (κ1) is 24.7. The summed E-state index contributed by atoms with van der Waals surface area (Å²) in [7, 11) is 7.68. The van der Waals surface area contributed by atoms with Gasteiger partial charge in [0.15, 0.2) is 5.84 Å².